The van der Waals surface area contributed by atoms with Crippen molar-refractivity contribution in [2.24, 2.45) is 0 Å². The molecule has 0 rings (SSSR count). The molecule has 0 bridgehead atoms. The van der Waals surface area contributed by atoms with Gasteiger partial charge in [-0.15, -0.1) is 0 Å². The zero-order valence-electron chi connectivity index (χ0n) is 6.41. The number of alkyl halides is 3. The van der Waals surface area contributed by atoms with Gasteiger partial charge in [0.2, 0.25) is 10.9 Å². The van der Waals surface area contributed by atoms with Crippen LogP contribution in [0.15, 0.2) is 10.9 Å². The molecular formula is C6H5ClF4OS. The smallest absolute Gasteiger partial charge is 0.279 e. The lowest BCUT2D eigenvalue weighted by molar-refractivity contribution is -0.111. The minimum Gasteiger partial charge on any atom is -0.279 e. The van der Waals surface area contributed by atoms with Crippen LogP contribution in [0.1, 0.15) is 6.92 Å². The van der Waals surface area contributed by atoms with Crippen molar-refractivity contribution in [3.63, 3.8) is 0 Å². The molecule has 76 valence electrons. The average molecular weight is 237 g/mol. The summed E-state index contributed by atoms with van der Waals surface area (Å²) in [6.07, 6.45) is -5.00. The topological polar surface area (TPSA) is 17.1 Å². The van der Waals surface area contributed by atoms with Crippen molar-refractivity contribution in [3.8, 4) is 0 Å². The summed E-state index contributed by atoms with van der Waals surface area (Å²) in [6, 6.07) is 0. The molecule has 0 N–H and O–H groups in total. The van der Waals surface area contributed by atoms with Gasteiger partial charge in [-0.2, -0.15) is 13.2 Å². The van der Waals surface area contributed by atoms with Crippen molar-refractivity contribution in [2.45, 2.75) is 13.1 Å². The number of hydrogen-bond donors (Lipinski definition) is 0. The summed E-state index contributed by atoms with van der Waals surface area (Å²) in [5.41, 5.74) is 0. The third kappa shape index (κ3) is 3.99. The van der Waals surface area contributed by atoms with Crippen molar-refractivity contribution in [3.05, 3.63) is 10.9 Å². The Bertz CT molecular complexity index is 235. The Morgan fingerprint density at radius 3 is 2.23 bits per heavy atom. The second-order valence-corrected chi connectivity index (χ2v) is 3.46. The molecule has 0 amide bonds. The van der Waals surface area contributed by atoms with Gasteiger partial charge in [0.25, 0.3) is 0 Å². The first-order valence-corrected chi connectivity index (χ1v) is 4.46. The number of carbonyl (C=O) groups is 1. The molecule has 0 saturated carbocycles. The molecule has 1 nitrogen and oxygen atoms in total. The maximum Gasteiger partial charge on any atom is 0.429 e. The highest BCUT2D eigenvalue weighted by Gasteiger charge is 2.37. The number of carbonyl (C=O) groups excluding carboxylic acids is 1. The van der Waals surface area contributed by atoms with Crippen LogP contribution in [-0.4, -0.2) is 17.0 Å². The number of halogens is 5. The molecule has 0 aromatic carbocycles. The highest BCUT2D eigenvalue weighted by atomic mass is 35.5. The molecule has 7 heteroatoms. The highest BCUT2D eigenvalue weighted by Crippen LogP contribution is 2.33. The Hall–Kier alpha value is -0.230. The van der Waals surface area contributed by atoms with Gasteiger partial charge in [-0.25, -0.2) is 4.39 Å². The quantitative estimate of drug-likeness (QED) is 0.541. The first kappa shape index (κ1) is 12.8. The van der Waals surface area contributed by atoms with Gasteiger partial charge in [-0.3, -0.25) is 4.79 Å². The van der Waals surface area contributed by atoms with E-state index in [0.717, 1.165) is 0 Å². The number of thioether (sulfide) groups is 1. The molecule has 0 heterocycles. The van der Waals surface area contributed by atoms with Crippen LogP contribution in [-0.2, 0) is 4.79 Å². The van der Waals surface area contributed by atoms with Gasteiger partial charge in [0.1, 0.15) is 0 Å². The fourth-order valence-corrected chi connectivity index (χ4v) is 1.04. The van der Waals surface area contributed by atoms with Crippen molar-refractivity contribution < 1.29 is 22.4 Å². The SMILES string of the molecule is CCSC(=O)/C(F)=C(\Cl)C(F)(F)F. The van der Waals surface area contributed by atoms with Crippen molar-refractivity contribution in [1.29, 1.82) is 0 Å². The van der Waals surface area contributed by atoms with E-state index in [1.807, 2.05) is 0 Å². The summed E-state index contributed by atoms with van der Waals surface area (Å²) in [7, 11) is 0. The molecule has 0 fully saturated rings. The lowest BCUT2D eigenvalue weighted by atomic mass is 10.5. The van der Waals surface area contributed by atoms with Crippen LogP contribution in [0.3, 0.4) is 0 Å². The van der Waals surface area contributed by atoms with E-state index < -0.39 is 22.2 Å². The van der Waals surface area contributed by atoms with Crippen LogP contribution in [0.2, 0.25) is 0 Å². The van der Waals surface area contributed by atoms with E-state index in [-0.39, 0.29) is 5.75 Å². The van der Waals surface area contributed by atoms with Crippen molar-refractivity contribution in [2.75, 3.05) is 5.75 Å². The second-order valence-electron chi connectivity index (χ2n) is 1.85. The fourth-order valence-electron chi connectivity index (χ4n) is 0.409. The number of allylic oxidation sites excluding steroid dienone is 1. The number of hydrogen-bond acceptors (Lipinski definition) is 2. The molecule has 13 heavy (non-hydrogen) atoms. The zero-order valence-corrected chi connectivity index (χ0v) is 7.99. The molecule has 0 aliphatic rings. The molecule has 0 atom stereocenters. The van der Waals surface area contributed by atoms with Gasteiger partial charge in [0, 0.05) is 0 Å². The van der Waals surface area contributed by atoms with E-state index in [9.17, 15) is 22.4 Å². The van der Waals surface area contributed by atoms with E-state index in [1.54, 1.807) is 0 Å². The summed E-state index contributed by atoms with van der Waals surface area (Å²) in [5, 5.41) is -3.30. The molecule has 0 aliphatic heterocycles. The maximum atomic E-state index is 12.5. The maximum absolute atomic E-state index is 12.5. The van der Waals surface area contributed by atoms with Gasteiger partial charge in [0.05, 0.1) is 0 Å². The summed E-state index contributed by atoms with van der Waals surface area (Å²) in [6.45, 7) is 1.51. The predicted molar refractivity (Wildman–Crippen MR) is 43.2 cm³/mol. The van der Waals surface area contributed by atoms with Crippen LogP contribution in [0.25, 0.3) is 0 Å². The summed E-state index contributed by atoms with van der Waals surface area (Å²) in [4.78, 5) is 10.6. The molecule has 0 saturated heterocycles. The monoisotopic (exact) mass is 236 g/mol. The van der Waals surface area contributed by atoms with Crippen LogP contribution in [0, 0.1) is 0 Å². The molecule has 0 aliphatic carbocycles. The largest absolute Gasteiger partial charge is 0.429 e. The Morgan fingerprint density at radius 2 is 1.92 bits per heavy atom. The fraction of sp³-hybridized carbons (Fsp3) is 0.500. The summed E-state index contributed by atoms with van der Waals surface area (Å²) in [5.74, 6) is -1.75. The zero-order chi connectivity index (χ0) is 10.6. The summed E-state index contributed by atoms with van der Waals surface area (Å²) >= 11 is 5.01. The third-order valence-corrected chi connectivity index (χ3v) is 2.01. The minimum absolute atomic E-state index is 0.189. The molecule has 0 aromatic heterocycles. The third-order valence-electron chi connectivity index (χ3n) is 0.896. The van der Waals surface area contributed by atoms with Crippen LogP contribution < -0.4 is 0 Å². The van der Waals surface area contributed by atoms with Crippen molar-refractivity contribution in [1.82, 2.24) is 0 Å². The predicted octanol–water partition coefficient (Wildman–Crippen LogP) is 3.25. The van der Waals surface area contributed by atoms with Gasteiger partial charge >= 0.3 is 6.18 Å². The summed E-state index contributed by atoms with van der Waals surface area (Å²) < 4.78 is 47.7. The van der Waals surface area contributed by atoms with E-state index in [0.29, 0.717) is 11.8 Å². The molecular weight excluding hydrogens is 232 g/mol. The Balaban J connectivity index is 4.72. The Kier molecular flexibility index (Phi) is 4.77. The number of rotatable bonds is 2. The van der Waals surface area contributed by atoms with Gasteiger partial charge in [-0.1, -0.05) is 30.3 Å². The highest BCUT2D eigenvalue weighted by molar-refractivity contribution is 8.14. The molecule has 0 spiro atoms. The lowest BCUT2D eigenvalue weighted by Crippen LogP contribution is -2.11. The Labute approximate surface area is 81.1 Å². The minimum atomic E-state index is -5.00. The average Bonchev–Trinajstić information content (AvgIpc) is 2.00. The normalized spacial score (nSPS) is 14.0. The van der Waals surface area contributed by atoms with Crippen LogP contribution >= 0.6 is 23.4 Å². The van der Waals surface area contributed by atoms with Crippen molar-refractivity contribution >= 4 is 28.5 Å². The molecule has 0 unspecified atom stereocenters. The molecule has 0 radical (unpaired) electrons. The van der Waals surface area contributed by atoms with E-state index in [2.05, 4.69) is 11.6 Å². The van der Waals surface area contributed by atoms with Crippen LogP contribution in [0.4, 0.5) is 17.6 Å². The second kappa shape index (κ2) is 4.85. The Morgan fingerprint density at radius 1 is 1.46 bits per heavy atom. The molecule has 0 aromatic rings. The standard InChI is InChI=1S/C6H5ClF4OS/c1-2-13-5(12)3(8)4(7)6(9,10)11/h2H2,1H3/b4-3+. The van der Waals surface area contributed by atoms with Gasteiger partial charge in [-0.05, 0) is 5.75 Å². The first-order chi connectivity index (χ1) is 5.80. The van der Waals surface area contributed by atoms with E-state index in [1.165, 1.54) is 6.92 Å². The lowest BCUT2D eigenvalue weighted by Gasteiger charge is -2.04. The van der Waals surface area contributed by atoms with Crippen LogP contribution in [0.5, 0.6) is 0 Å². The van der Waals surface area contributed by atoms with E-state index >= 15 is 0 Å². The van der Waals surface area contributed by atoms with Gasteiger partial charge in [0.15, 0.2) is 5.03 Å². The first-order valence-electron chi connectivity index (χ1n) is 3.10. The van der Waals surface area contributed by atoms with Gasteiger partial charge < -0.3 is 0 Å². The van der Waals surface area contributed by atoms with E-state index in [4.69, 9.17) is 0 Å².